The number of aromatic nitrogens is 4. The summed E-state index contributed by atoms with van der Waals surface area (Å²) < 4.78 is 0. The van der Waals surface area contributed by atoms with Crippen molar-refractivity contribution in [1.82, 2.24) is 25.3 Å². The Kier molecular flexibility index (Phi) is 7.90. The van der Waals surface area contributed by atoms with Crippen molar-refractivity contribution in [2.45, 2.75) is 12.8 Å². The maximum atomic E-state index is 12.5. The molecule has 6 nitrogen and oxygen atoms in total. The number of amides is 1. The molecule has 250 valence electrons. The first-order chi connectivity index (χ1) is 25.6. The van der Waals surface area contributed by atoms with E-state index in [1.54, 1.807) is 7.05 Å². The van der Waals surface area contributed by atoms with E-state index in [0.717, 1.165) is 103 Å². The molecule has 0 spiro atoms. The number of aryl methyl sites for hydroxylation is 2. The molecular formula is C46H35N5O. The van der Waals surface area contributed by atoms with Gasteiger partial charge in [-0.2, -0.15) is 0 Å². The highest BCUT2D eigenvalue weighted by Crippen LogP contribution is 2.38. The topological polar surface area (TPSA) is 86.5 Å². The molecule has 0 atom stereocenters. The van der Waals surface area contributed by atoms with E-state index >= 15 is 0 Å². The molecular weight excluding hydrogens is 639 g/mol. The zero-order valence-corrected chi connectivity index (χ0v) is 28.7. The van der Waals surface area contributed by atoms with Crippen molar-refractivity contribution in [3.63, 3.8) is 0 Å². The van der Waals surface area contributed by atoms with Crippen molar-refractivity contribution in [3.05, 3.63) is 167 Å². The van der Waals surface area contributed by atoms with Crippen LogP contribution in [-0.2, 0) is 12.8 Å². The lowest BCUT2D eigenvalue weighted by Crippen LogP contribution is -2.17. The standard InChI is InChI=1S/C46H35N5O/c1-47-46(52)33-19-17-32(18-20-33)45-40-27-25-38(50-40)43(30-13-7-3-8-14-30)36-23-21-34(48-36)42(29-11-5-2-6-12-29)35-22-24-37(49-35)44(31-15-9-4-10-16-31)39-26-28-41(45)51-39/h2-25,27,48,51H,26,28H2,1H3,(H,47,52). The normalized spacial score (nSPS) is 12.5. The Morgan fingerprint density at radius 3 is 1.29 bits per heavy atom. The summed E-state index contributed by atoms with van der Waals surface area (Å²) in [7, 11) is 1.65. The van der Waals surface area contributed by atoms with Gasteiger partial charge in [-0.3, -0.25) is 4.79 Å². The van der Waals surface area contributed by atoms with Gasteiger partial charge in [-0.05, 0) is 83.7 Å². The molecule has 3 aliphatic rings. The molecule has 0 radical (unpaired) electrons. The molecule has 52 heavy (non-hydrogen) atoms. The molecule has 0 saturated carbocycles. The maximum absolute atomic E-state index is 12.5. The van der Waals surface area contributed by atoms with Crippen LogP contribution in [0.1, 0.15) is 44.5 Å². The summed E-state index contributed by atoms with van der Waals surface area (Å²) in [5.74, 6) is -0.116. The molecule has 0 fully saturated rings. The minimum Gasteiger partial charge on any atom is -0.361 e. The van der Waals surface area contributed by atoms with Crippen molar-refractivity contribution in [2.24, 2.45) is 0 Å². The summed E-state index contributed by atoms with van der Waals surface area (Å²) in [6.07, 6.45) is 10.1. The summed E-state index contributed by atoms with van der Waals surface area (Å²) in [6.45, 7) is 0. The van der Waals surface area contributed by atoms with E-state index in [1.807, 2.05) is 42.5 Å². The first kappa shape index (κ1) is 31.2. The second-order valence-electron chi connectivity index (χ2n) is 13.1. The van der Waals surface area contributed by atoms with Gasteiger partial charge in [0.1, 0.15) is 0 Å². The highest BCUT2D eigenvalue weighted by Gasteiger charge is 2.22. The van der Waals surface area contributed by atoms with Crippen LogP contribution in [0.15, 0.2) is 127 Å². The number of nitrogens with zero attached hydrogens (tertiary/aromatic N) is 2. The Balaban J connectivity index is 1.44. The van der Waals surface area contributed by atoms with Gasteiger partial charge in [0.05, 0.1) is 22.8 Å². The molecule has 0 saturated heterocycles. The van der Waals surface area contributed by atoms with Crippen LogP contribution >= 0.6 is 0 Å². The van der Waals surface area contributed by atoms with Gasteiger partial charge in [0.2, 0.25) is 0 Å². The van der Waals surface area contributed by atoms with Gasteiger partial charge in [0.25, 0.3) is 5.91 Å². The highest BCUT2D eigenvalue weighted by atomic mass is 16.1. The third-order valence-corrected chi connectivity index (χ3v) is 9.91. The average Bonchev–Trinajstić information content (AvgIpc) is 4.04. The number of carbonyl (C=O) groups excluding carboxylic acids is 1. The molecule has 4 aromatic carbocycles. The fourth-order valence-corrected chi connectivity index (χ4v) is 7.48. The van der Waals surface area contributed by atoms with Crippen LogP contribution < -0.4 is 5.32 Å². The minimum absolute atomic E-state index is 0.116. The van der Waals surface area contributed by atoms with E-state index in [0.29, 0.717) is 5.56 Å². The summed E-state index contributed by atoms with van der Waals surface area (Å²) in [6, 6.07) is 43.5. The predicted octanol–water partition coefficient (Wildman–Crippen LogP) is 10.2. The summed E-state index contributed by atoms with van der Waals surface area (Å²) in [5.41, 5.74) is 16.7. The number of hydrogen-bond donors (Lipinski definition) is 3. The van der Waals surface area contributed by atoms with Crippen LogP contribution in [0, 0.1) is 0 Å². The number of nitrogens with one attached hydrogen (secondary N) is 3. The molecule has 8 bridgehead atoms. The third kappa shape index (κ3) is 5.60. The first-order valence-electron chi connectivity index (χ1n) is 17.6. The monoisotopic (exact) mass is 673 g/mol. The molecule has 2 aromatic heterocycles. The Morgan fingerprint density at radius 2 is 0.865 bits per heavy atom. The number of fused-ring (bicyclic) bond motifs is 8. The van der Waals surface area contributed by atoms with Gasteiger partial charge in [0, 0.05) is 57.3 Å². The fraction of sp³-hybridized carbons (Fsp3) is 0.0652. The SMILES string of the molecule is CNC(=O)c1ccc(-c2c3nc(c(-c4ccccc4)c4ccc([nH]4)c(-c4ccccc4)c4nc(c(-c5ccccc5)c5[nH]c2CC5)C=C4)C=C3)cc1. The van der Waals surface area contributed by atoms with Crippen molar-refractivity contribution < 1.29 is 4.79 Å². The molecule has 0 aliphatic carbocycles. The molecule has 3 N–H and O–H groups in total. The van der Waals surface area contributed by atoms with Crippen molar-refractivity contribution in [3.8, 4) is 44.5 Å². The summed E-state index contributed by atoms with van der Waals surface area (Å²) >= 11 is 0. The van der Waals surface area contributed by atoms with Crippen LogP contribution in [0.2, 0.25) is 0 Å². The van der Waals surface area contributed by atoms with E-state index in [1.165, 1.54) is 0 Å². The maximum Gasteiger partial charge on any atom is 0.251 e. The average molecular weight is 674 g/mol. The zero-order valence-electron chi connectivity index (χ0n) is 28.7. The van der Waals surface area contributed by atoms with E-state index in [-0.39, 0.29) is 5.91 Å². The number of benzene rings is 4. The minimum atomic E-state index is -0.116. The number of H-pyrrole nitrogens is 2. The lowest BCUT2D eigenvalue weighted by molar-refractivity contribution is 0.0963. The van der Waals surface area contributed by atoms with Gasteiger partial charge in [-0.25, -0.2) is 9.97 Å². The number of hydrogen-bond acceptors (Lipinski definition) is 3. The van der Waals surface area contributed by atoms with Gasteiger partial charge in [0.15, 0.2) is 0 Å². The lowest BCUT2D eigenvalue weighted by Gasteiger charge is -2.08. The molecule has 1 amide bonds. The number of aromatic amines is 2. The van der Waals surface area contributed by atoms with Crippen LogP contribution in [0.4, 0.5) is 0 Å². The van der Waals surface area contributed by atoms with Crippen LogP contribution in [0.3, 0.4) is 0 Å². The summed E-state index contributed by atoms with van der Waals surface area (Å²) in [4.78, 5) is 30.9. The molecule has 0 unspecified atom stereocenters. The molecule has 9 rings (SSSR count). The van der Waals surface area contributed by atoms with Gasteiger partial charge < -0.3 is 15.3 Å². The van der Waals surface area contributed by atoms with Gasteiger partial charge >= 0.3 is 0 Å². The fourth-order valence-electron chi connectivity index (χ4n) is 7.48. The van der Waals surface area contributed by atoms with E-state index < -0.39 is 0 Å². The Hall–Kier alpha value is -6.79. The molecule has 5 heterocycles. The second kappa shape index (κ2) is 13.2. The van der Waals surface area contributed by atoms with E-state index in [4.69, 9.17) is 9.97 Å². The van der Waals surface area contributed by atoms with Crippen LogP contribution in [0.5, 0.6) is 0 Å². The predicted molar refractivity (Wildman–Crippen MR) is 213 cm³/mol. The van der Waals surface area contributed by atoms with E-state index in [2.05, 4.69) is 125 Å². The van der Waals surface area contributed by atoms with Crippen LogP contribution in [0.25, 0.3) is 79.8 Å². The van der Waals surface area contributed by atoms with Gasteiger partial charge in [-0.15, -0.1) is 0 Å². The second-order valence-corrected chi connectivity index (χ2v) is 13.1. The summed E-state index contributed by atoms with van der Waals surface area (Å²) in [5, 5.41) is 2.73. The van der Waals surface area contributed by atoms with Crippen molar-refractivity contribution in [1.29, 1.82) is 0 Å². The van der Waals surface area contributed by atoms with Crippen molar-refractivity contribution in [2.75, 3.05) is 7.05 Å². The Bertz CT molecular complexity index is 2600. The van der Waals surface area contributed by atoms with Crippen molar-refractivity contribution >= 4 is 41.2 Å². The molecule has 6 heteroatoms. The Morgan fingerprint density at radius 1 is 0.481 bits per heavy atom. The Labute approximate surface area is 302 Å². The first-order valence-corrected chi connectivity index (χ1v) is 17.6. The van der Waals surface area contributed by atoms with E-state index in [9.17, 15) is 4.79 Å². The number of carbonyl (C=O) groups is 1. The quantitative estimate of drug-likeness (QED) is 0.170. The zero-order chi connectivity index (χ0) is 35.0. The third-order valence-electron chi connectivity index (χ3n) is 9.91. The highest BCUT2D eigenvalue weighted by molar-refractivity contribution is 5.97. The molecule has 3 aliphatic heterocycles. The number of rotatable bonds is 5. The lowest BCUT2D eigenvalue weighted by atomic mass is 9.98. The largest absolute Gasteiger partial charge is 0.361 e. The smallest absolute Gasteiger partial charge is 0.251 e. The van der Waals surface area contributed by atoms with Gasteiger partial charge in [-0.1, -0.05) is 103 Å². The van der Waals surface area contributed by atoms with Crippen LogP contribution in [-0.4, -0.2) is 32.9 Å². The molecule has 6 aromatic rings.